The van der Waals surface area contributed by atoms with E-state index in [1.54, 1.807) is 24.3 Å². The number of rotatable bonds is 7. The fourth-order valence-corrected chi connectivity index (χ4v) is 6.38. The lowest BCUT2D eigenvalue weighted by Crippen LogP contribution is -2.57. The molecule has 0 bridgehead atoms. The summed E-state index contributed by atoms with van der Waals surface area (Å²) < 4.78 is 27.2. The number of aryl methyl sites for hydroxylation is 1. The van der Waals surface area contributed by atoms with E-state index in [-0.39, 0.29) is 16.8 Å². The van der Waals surface area contributed by atoms with E-state index in [4.69, 9.17) is 0 Å². The summed E-state index contributed by atoms with van der Waals surface area (Å²) in [6.45, 7) is 1.48. The van der Waals surface area contributed by atoms with E-state index in [1.165, 1.54) is 0 Å². The van der Waals surface area contributed by atoms with Crippen LogP contribution in [0.1, 0.15) is 56.9 Å². The molecule has 8 heteroatoms. The molecule has 2 saturated carbocycles. The lowest BCUT2D eigenvalue weighted by molar-refractivity contribution is -0.144. The Labute approximate surface area is 184 Å². The van der Waals surface area contributed by atoms with Crippen molar-refractivity contribution in [1.82, 2.24) is 14.5 Å². The summed E-state index contributed by atoms with van der Waals surface area (Å²) >= 11 is 0. The number of amides is 2. The summed E-state index contributed by atoms with van der Waals surface area (Å²) in [5.74, 6) is 0.862. The Kier molecular flexibility index (Phi) is 5.54. The molecule has 0 radical (unpaired) electrons. The van der Waals surface area contributed by atoms with E-state index in [2.05, 4.69) is 9.62 Å². The first-order valence-electron chi connectivity index (χ1n) is 11.6. The predicted molar refractivity (Wildman–Crippen MR) is 116 cm³/mol. The van der Waals surface area contributed by atoms with Crippen LogP contribution in [-0.2, 0) is 26.0 Å². The Balaban J connectivity index is 1.14. The molecule has 5 rings (SSSR count). The van der Waals surface area contributed by atoms with Gasteiger partial charge in [0.1, 0.15) is 0 Å². The molecule has 7 nitrogen and oxygen atoms in total. The molecule has 2 heterocycles. The normalized spacial score (nSPS) is 26.6. The van der Waals surface area contributed by atoms with Crippen molar-refractivity contribution < 1.29 is 18.0 Å². The van der Waals surface area contributed by atoms with Crippen LogP contribution in [0.15, 0.2) is 29.2 Å². The maximum absolute atomic E-state index is 12.8. The van der Waals surface area contributed by atoms with Crippen LogP contribution in [0.25, 0.3) is 0 Å². The first-order valence-corrected chi connectivity index (χ1v) is 13.1. The summed E-state index contributed by atoms with van der Waals surface area (Å²) in [7, 11) is -3.44. The number of piperidine rings is 2. The first kappa shape index (κ1) is 20.9. The number of hydrogen-bond donors (Lipinski definition) is 1. The Morgan fingerprint density at radius 1 is 1.03 bits per heavy atom. The van der Waals surface area contributed by atoms with Crippen LogP contribution >= 0.6 is 0 Å². The Hall–Kier alpha value is -1.93. The average Bonchev–Trinajstić information content (AvgIpc) is 3.68. The van der Waals surface area contributed by atoms with Crippen LogP contribution < -0.4 is 4.72 Å². The van der Waals surface area contributed by atoms with Gasteiger partial charge in [-0.3, -0.25) is 9.59 Å². The van der Waals surface area contributed by atoms with Crippen LogP contribution in [0.4, 0.5) is 0 Å². The van der Waals surface area contributed by atoms with Crippen molar-refractivity contribution in [3.63, 3.8) is 0 Å². The van der Waals surface area contributed by atoms with E-state index in [9.17, 15) is 18.0 Å². The Morgan fingerprint density at radius 2 is 1.77 bits per heavy atom. The second kappa shape index (κ2) is 8.20. The molecule has 1 aromatic carbocycles. The standard InChI is InChI=1S/C23H31N3O4S/c27-22(11-3-16-1-9-20(10-2-16)31(29,30)24-18-5-6-18)25-14-13-21-17(15-25)4-12-23(28)26(21)19-7-8-19/h1-2,9-10,17-19,21,24H,3-8,11-15H2/t17-,21+/m1/s1. The van der Waals surface area contributed by atoms with Crippen molar-refractivity contribution in [2.24, 2.45) is 5.92 Å². The fourth-order valence-electron chi connectivity index (χ4n) is 5.08. The van der Waals surface area contributed by atoms with Gasteiger partial charge in [-0.25, -0.2) is 13.1 Å². The van der Waals surface area contributed by atoms with Crippen molar-refractivity contribution in [1.29, 1.82) is 0 Å². The van der Waals surface area contributed by atoms with Crippen LogP contribution in [0.2, 0.25) is 0 Å². The number of carbonyl (C=O) groups excluding carboxylic acids is 2. The Morgan fingerprint density at radius 3 is 2.45 bits per heavy atom. The van der Waals surface area contributed by atoms with Crippen molar-refractivity contribution in [2.45, 2.75) is 80.8 Å². The highest BCUT2D eigenvalue weighted by atomic mass is 32.2. The predicted octanol–water partition coefficient (Wildman–Crippen LogP) is 2.06. The number of carbonyl (C=O) groups is 2. The average molecular weight is 446 g/mol. The molecular formula is C23H31N3O4S. The number of nitrogens with one attached hydrogen (secondary N) is 1. The van der Waals surface area contributed by atoms with Crippen molar-refractivity contribution >= 4 is 21.8 Å². The van der Waals surface area contributed by atoms with Gasteiger partial charge in [-0.1, -0.05) is 12.1 Å². The lowest BCUT2D eigenvalue weighted by atomic mass is 9.83. The fraction of sp³-hybridized carbons (Fsp3) is 0.652. The van der Waals surface area contributed by atoms with E-state index < -0.39 is 10.0 Å². The largest absolute Gasteiger partial charge is 0.342 e. The van der Waals surface area contributed by atoms with Crippen LogP contribution in [-0.4, -0.2) is 61.2 Å². The minimum atomic E-state index is -3.44. The molecule has 1 aromatic rings. The van der Waals surface area contributed by atoms with Crippen LogP contribution in [0.5, 0.6) is 0 Å². The third-order valence-corrected chi connectivity index (χ3v) is 8.66. The number of fused-ring (bicyclic) bond motifs is 1. The van der Waals surface area contributed by atoms with E-state index in [1.807, 2.05) is 4.90 Å². The van der Waals surface area contributed by atoms with Crippen molar-refractivity contribution in [3.05, 3.63) is 29.8 Å². The monoisotopic (exact) mass is 445 g/mol. The van der Waals surface area contributed by atoms with Gasteiger partial charge < -0.3 is 9.80 Å². The second-order valence-electron chi connectivity index (χ2n) is 9.57. The molecule has 4 fully saturated rings. The highest BCUT2D eigenvalue weighted by Crippen LogP contribution is 2.39. The van der Waals surface area contributed by atoms with Gasteiger partial charge in [0.15, 0.2) is 0 Å². The maximum atomic E-state index is 12.8. The molecule has 2 saturated heterocycles. The number of sulfonamides is 1. The highest BCUT2D eigenvalue weighted by Gasteiger charge is 2.45. The third-order valence-electron chi connectivity index (χ3n) is 7.12. The smallest absolute Gasteiger partial charge is 0.240 e. The van der Waals surface area contributed by atoms with E-state index in [0.717, 1.165) is 57.2 Å². The summed E-state index contributed by atoms with van der Waals surface area (Å²) in [5, 5.41) is 0. The molecule has 1 N–H and O–H groups in total. The summed E-state index contributed by atoms with van der Waals surface area (Å²) in [5.41, 5.74) is 0.969. The molecule has 2 aliphatic heterocycles. The molecule has 2 amide bonds. The topological polar surface area (TPSA) is 86.8 Å². The molecule has 2 atom stereocenters. The van der Waals surface area contributed by atoms with Gasteiger partial charge in [0.2, 0.25) is 21.8 Å². The number of nitrogens with zero attached hydrogens (tertiary/aromatic N) is 2. The molecule has 168 valence electrons. The minimum Gasteiger partial charge on any atom is -0.342 e. The number of likely N-dealkylation sites (tertiary alicyclic amines) is 2. The zero-order valence-corrected chi connectivity index (χ0v) is 18.6. The summed E-state index contributed by atoms with van der Waals surface area (Å²) in [4.78, 5) is 29.6. The molecule has 0 spiro atoms. The van der Waals surface area contributed by atoms with Gasteiger partial charge in [-0.05, 0) is 68.6 Å². The third kappa shape index (κ3) is 4.65. The highest BCUT2D eigenvalue weighted by molar-refractivity contribution is 7.89. The summed E-state index contributed by atoms with van der Waals surface area (Å²) in [6, 6.07) is 7.72. The van der Waals surface area contributed by atoms with Crippen molar-refractivity contribution in [2.75, 3.05) is 13.1 Å². The quantitative estimate of drug-likeness (QED) is 0.696. The Bertz CT molecular complexity index is 954. The SMILES string of the molecule is O=C(CCc1ccc(S(=O)(=O)NC2CC2)cc1)N1CC[C@H]2[C@H](CCC(=O)N2C2CC2)C1. The zero-order valence-electron chi connectivity index (χ0n) is 17.8. The minimum absolute atomic E-state index is 0.0880. The van der Waals surface area contributed by atoms with Crippen LogP contribution in [0.3, 0.4) is 0 Å². The molecule has 4 aliphatic rings. The molecule has 0 unspecified atom stereocenters. The van der Waals surface area contributed by atoms with E-state index in [0.29, 0.717) is 43.2 Å². The van der Waals surface area contributed by atoms with Gasteiger partial charge in [0.05, 0.1) is 4.90 Å². The second-order valence-corrected chi connectivity index (χ2v) is 11.3. The molecule has 0 aromatic heterocycles. The van der Waals surface area contributed by atoms with E-state index >= 15 is 0 Å². The van der Waals surface area contributed by atoms with Gasteiger partial charge in [0, 0.05) is 44.1 Å². The summed E-state index contributed by atoms with van der Waals surface area (Å²) in [6.07, 6.45) is 7.51. The van der Waals surface area contributed by atoms with Gasteiger partial charge in [-0.2, -0.15) is 0 Å². The van der Waals surface area contributed by atoms with Gasteiger partial charge >= 0.3 is 0 Å². The molecular weight excluding hydrogens is 414 g/mol. The van der Waals surface area contributed by atoms with Crippen LogP contribution in [0, 0.1) is 5.92 Å². The van der Waals surface area contributed by atoms with Gasteiger partial charge in [-0.15, -0.1) is 0 Å². The van der Waals surface area contributed by atoms with Crippen molar-refractivity contribution in [3.8, 4) is 0 Å². The maximum Gasteiger partial charge on any atom is 0.240 e. The number of benzene rings is 1. The molecule has 31 heavy (non-hydrogen) atoms. The zero-order chi connectivity index (χ0) is 21.6. The lowest BCUT2D eigenvalue weighted by Gasteiger charge is -2.47. The first-order chi connectivity index (χ1) is 14.9. The van der Waals surface area contributed by atoms with Gasteiger partial charge in [0.25, 0.3) is 0 Å². The number of hydrogen-bond acceptors (Lipinski definition) is 4. The molecule has 2 aliphatic carbocycles.